The van der Waals surface area contributed by atoms with Crippen molar-refractivity contribution in [1.29, 1.82) is 0 Å². The van der Waals surface area contributed by atoms with Crippen LogP contribution in [0.15, 0.2) is 78.0 Å². The first-order chi connectivity index (χ1) is 13.1. The zero-order chi connectivity index (χ0) is 18.8. The Hall–Kier alpha value is -2.88. The highest BCUT2D eigenvalue weighted by Crippen LogP contribution is 2.38. The molecule has 2 aromatic rings. The van der Waals surface area contributed by atoms with E-state index in [2.05, 4.69) is 5.32 Å². The summed E-state index contributed by atoms with van der Waals surface area (Å²) in [7, 11) is 0. The molecule has 1 heterocycles. The van der Waals surface area contributed by atoms with Crippen LogP contribution >= 0.6 is 0 Å². The topological polar surface area (TPSA) is 21.3 Å². The number of halogens is 2. The summed E-state index contributed by atoms with van der Waals surface area (Å²) >= 11 is 0. The van der Waals surface area contributed by atoms with Gasteiger partial charge in [-0.1, -0.05) is 30.3 Å². The third kappa shape index (κ3) is 3.80. The first kappa shape index (κ1) is 17.5. The zero-order valence-corrected chi connectivity index (χ0v) is 15.1. The summed E-state index contributed by atoms with van der Waals surface area (Å²) in [6.45, 7) is 2.26. The molecule has 2 aromatic carbocycles. The Morgan fingerprint density at radius 2 is 1.85 bits per heavy atom. The maximum atomic E-state index is 15.1. The Morgan fingerprint density at radius 3 is 2.63 bits per heavy atom. The van der Waals surface area contributed by atoms with Gasteiger partial charge in [-0.15, -0.1) is 0 Å². The van der Waals surface area contributed by atoms with E-state index in [1.54, 1.807) is 13.0 Å². The van der Waals surface area contributed by atoms with Gasteiger partial charge >= 0.3 is 0 Å². The molecule has 4 heteroatoms. The number of rotatable bonds is 4. The highest BCUT2D eigenvalue weighted by Gasteiger charge is 2.28. The normalized spacial score (nSPS) is 19.0. The van der Waals surface area contributed by atoms with Crippen molar-refractivity contribution in [1.82, 2.24) is 5.32 Å². The van der Waals surface area contributed by atoms with Gasteiger partial charge in [-0.05, 0) is 54.8 Å². The third-order valence-corrected chi connectivity index (χ3v) is 5.01. The van der Waals surface area contributed by atoms with Crippen molar-refractivity contribution in [2.24, 2.45) is 5.92 Å². The Kier molecular flexibility index (Phi) is 4.80. The van der Waals surface area contributed by atoms with Crippen LogP contribution in [0.25, 0.3) is 5.70 Å². The molecule has 0 spiro atoms. The molecule has 1 atom stereocenters. The molecule has 0 aromatic heterocycles. The monoisotopic (exact) mass is 365 g/mol. The van der Waals surface area contributed by atoms with Crippen LogP contribution in [0.3, 0.4) is 0 Å². The first-order valence-electron chi connectivity index (χ1n) is 9.10. The fraction of sp³-hybridized carbons (Fsp3) is 0.217. The van der Waals surface area contributed by atoms with Crippen LogP contribution in [0.5, 0.6) is 0 Å². The van der Waals surface area contributed by atoms with E-state index in [0.717, 1.165) is 17.0 Å². The number of nitrogens with one attached hydrogen (secondary N) is 1. The Bertz CT molecular complexity index is 944. The second kappa shape index (κ2) is 7.39. The third-order valence-electron chi connectivity index (χ3n) is 5.01. The van der Waals surface area contributed by atoms with E-state index in [9.17, 15) is 4.39 Å². The molecular weight excluding hydrogens is 344 g/mol. The van der Waals surface area contributed by atoms with Gasteiger partial charge in [0.2, 0.25) is 0 Å². The number of benzene rings is 2. The van der Waals surface area contributed by atoms with Gasteiger partial charge in [0.05, 0.1) is 5.70 Å². The molecule has 1 unspecified atom stereocenters. The molecule has 0 saturated heterocycles. The van der Waals surface area contributed by atoms with Gasteiger partial charge in [0, 0.05) is 23.6 Å². The minimum absolute atomic E-state index is 0.0422. The molecule has 0 saturated carbocycles. The SMILES string of the molecule is Cc1cc(F)ccc1C1=C(F)CC2CC(=CC=C2OCc2ccccc2)N1. The van der Waals surface area contributed by atoms with E-state index in [1.807, 2.05) is 42.5 Å². The molecule has 27 heavy (non-hydrogen) atoms. The Labute approximate surface area is 157 Å². The van der Waals surface area contributed by atoms with Crippen molar-refractivity contribution in [2.75, 3.05) is 0 Å². The van der Waals surface area contributed by atoms with E-state index in [0.29, 0.717) is 29.9 Å². The average Bonchev–Trinajstić information content (AvgIpc) is 2.78. The number of ether oxygens (including phenoxy) is 1. The molecule has 2 nitrogen and oxygen atoms in total. The smallest absolute Gasteiger partial charge is 0.125 e. The molecule has 0 radical (unpaired) electrons. The summed E-state index contributed by atoms with van der Waals surface area (Å²) in [5.41, 5.74) is 3.85. The number of aryl methyl sites for hydroxylation is 1. The Balaban J connectivity index is 1.56. The second-order valence-electron chi connectivity index (χ2n) is 7.00. The van der Waals surface area contributed by atoms with E-state index in [-0.39, 0.29) is 24.0 Å². The van der Waals surface area contributed by atoms with Crippen molar-refractivity contribution in [3.8, 4) is 0 Å². The lowest BCUT2D eigenvalue weighted by Crippen LogP contribution is -2.16. The lowest BCUT2D eigenvalue weighted by Gasteiger charge is -2.23. The van der Waals surface area contributed by atoms with E-state index < -0.39 is 0 Å². The van der Waals surface area contributed by atoms with E-state index in [1.165, 1.54) is 12.1 Å². The van der Waals surface area contributed by atoms with Gasteiger partial charge < -0.3 is 10.1 Å². The molecule has 0 fully saturated rings. The Morgan fingerprint density at radius 1 is 1.04 bits per heavy atom. The summed E-state index contributed by atoms with van der Waals surface area (Å²) in [6.07, 6.45) is 4.82. The van der Waals surface area contributed by atoms with Crippen molar-refractivity contribution in [3.05, 3.63) is 100 Å². The van der Waals surface area contributed by atoms with Crippen LogP contribution in [0.2, 0.25) is 0 Å². The maximum Gasteiger partial charge on any atom is 0.125 e. The van der Waals surface area contributed by atoms with Crippen LogP contribution in [0, 0.1) is 18.7 Å². The molecule has 1 aliphatic heterocycles. The number of allylic oxidation sites excluding steroid dienone is 5. The highest BCUT2D eigenvalue weighted by atomic mass is 19.1. The average molecular weight is 365 g/mol. The minimum Gasteiger partial charge on any atom is -0.493 e. The van der Waals surface area contributed by atoms with Gasteiger partial charge in [0.1, 0.15) is 24.0 Å². The predicted molar refractivity (Wildman–Crippen MR) is 102 cm³/mol. The van der Waals surface area contributed by atoms with Crippen LogP contribution in [0.4, 0.5) is 8.78 Å². The van der Waals surface area contributed by atoms with E-state index >= 15 is 4.39 Å². The molecule has 4 rings (SSSR count). The lowest BCUT2D eigenvalue weighted by molar-refractivity contribution is 0.160. The maximum absolute atomic E-state index is 15.1. The van der Waals surface area contributed by atoms with Gasteiger partial charge in [-0.25, -0.2) is 8.78 Å². The molecule has 1 N–H and O–H groups in total. The van der Waals surface area contributed by atoms with Crippen LogP contribution in [-0.4, -0.2) is 0 Å². The van der Waals surface area contributed by atoms with Gasteiger partial charge in [0.25, 0.3) is 0 Å². The van der Waals surface area contributed by atoms with Crippen LogP contribution in [-0.2, 0) is 11.3 Å². The molecule has 1 aliphatic carbocycles. The summed E-state index contributed by atoms with van der Waals surface area (Å²) < 4.78 is 34.5. The van der Waals surface area contributed by atoms with Crippen LogP contribution in [0.1, 0.15) is 29.5 Å². The fourth-order valence-electron chi connectivity index (χ4n) is 3.59. The second-order valence-corrected chi connectivity index (χ2v) is 7.00. The zero-order valence-electron chi connectivity index (χ0n) is 15.1. The summed E-state index contributed by atoms with van der Waals surface area (Å²) in [4.78, 5) is 0. The van der Waals surface area contributed by atoms with Crippen molar-refractivity contribution < 1.29 is 13.5 Å². The summed E-state index contributed by atoms with van der Waals surface area (Å²) in [5.74, 6) is 0.215. The van der Waals surface area contributed by atoms with Gasteiger partial charge in [-0.2, -0.15) is 0 Å². The number of hydrogen-bond acceptors (Lipinski definition) is 2. The summed E-state index contributed by atoms with van der Waals surface area (Å²) in [6, 6.07) is 14.3. The number of fused-ring (bicyclic) bond motifs is 2. The standard InChI is InChI=1S/C23H21F2NO/c1-15-11-18(24)7-9-20(15)23-21(25)13-17-12-19(26-23)8-10-22(17)27-14-16-5-3-2-4-6-16/h2-11,17,26H,12-14H2,1H3. The lowest BCUT2D eigenvalue weighted by atomic mass is 9.93. The minimum atomic E-state index is -0.317. The van der Waals surface area contributed by atoms with Crippen molar-refractivity contribution in [2.45, 2.75) is 26.4 Å². The molecule has 2 bridgehead atoms. The van der Waals surface area contributed by atoms with Crippen molar-refractivity contribution in [3.63, 3.8) is 0 Å². The molecule has 2 aliphatic rings. The molecule has 138 valence electrons. The highest BCUT2D eigenvalue weighted by molar-refractivity contribution is 5.70. The quantitative estimate of drug-likeness (QED) is 0.743. The molecular formula is C23H21F2NO. The number of hydrogen-bond donors (Lipinski definition) is 1. The molecule has 0 amide bonds. The summed E-state index contributed by atoms with van der Waals surface area (Å²) in [5, 5.41) is 3.21. The largest absolute Gasteiger partial charge is 0.493 e. The van der Waals surface area contributed by atoms with Gasteiger partial charge in [0.15, 0.2) is 0 Å². The van der Waals surface area contributed by atoms with Gasteiger partial charge in [-0.3, -0.25) is 0 Å². The van der Waals surface area contributed by atoms with Crippen molar-refractivity contribution >= 4 is 5.70 Å². The first-order valence-corrected chi connectivity index (χ1v) is 9.10. The fourth-order valence-corrected chi connectivity index (χ4v) is 3.59. The van der Waals surface area contributed by atoms with Crippen LogP contribution < -0.4 is 5.32 Å². The van der Waals surface area contributed by atoms with E-state index in [4.69, 9.17) is 4.74 Å². The predicted octanol–water partition coefficient (Wildman–Crippen LogP) is 5.77.